The van der Waals surface area contributed by atoms with E-state index < -0.39 is 136 Å². The molecule has 0 amide bonds. The van der Waals surface area contributed by atoms with E-state index in [-0.39, 0.29) is 35.6 Å². The van der Waals surface area contributed by atoms with Crippen LogP contribution < -0.4 is 0 Å². The van der Waals surface area contributed by atoms with Crippen LogP contribution in [0.5, 0.6) is 0 Å². The molecular weight excluding hydrogens is 949 g/mol. The average Bonchev–Trinajstić information content (AvgIpc) is 3.85. The van der Waals surface area contributed by atoms with Crippen LogP contribution in [0.2, 0.25) is 0 Å². The first-order chi connectivity index (χ1) is 34.1. The lowest BCUT2D eigenvalue weighted by Crippen LogP contribution is -2.66. The Morgan fingerprint density at radius 2 is 1.25 bits per heavy atom. The summed E-state index contributed by atoms with van der Waals surface area (Å²) in [5.74, 6) is 2.92. The van der Waals surface area contributed by atoms with Crippen molar-refractivity contribution in [1.82, 2.24) is 0 Å². The van der Waals surface area contributed by atoms with Gasteiger partial charge in [-0.15, -0.1) is 0 Å². The van der Waals surface area contributed by atoms with Gasteiger partial charge in [-0.2, -0.15) is 0 Å². The predicted molar refractivity (Wildman–Crippen MR) is 247 cm³/mol. The molecule has 0 radical (unpaired) electrons. The lowest BCUT2D eigenvalue weighted by atomic mass is 9.47. The molecule has 9 rings (SSSR count). The second-order valence-corrected chi connectivity index (χ2v) is 23.2. The molecule has 21 nitrogen and oxygen atoms in total. The van der Waals surface area contributed by atoms with Gasteiger partial charge in [0.2, 0.25) is 0 Å². The molecule has 4 aliphatic carbocycles. The number of aliphatic hydroxyl groups is 12. The molecule has 0 aromatic carbocycles. The number of fused-ring (bicyclic) bond motifs is 7. The van der Waals surface area contributed by atoms with Crippen molar-refractivity contribution >= 4 is 0 Å². The Bertz CT molecular complexity index is 1920. The molecule has 412 valence electrons. The van der Waals surface area contributed by atoms with Gasteiger partial charge in [0, 0.05) is 12.3 Å². The molecule has 0 unspecified atom stereocenters. The Labute approximate surface area is 420 Å². The van der Waals surface area contributed by atoms with E-state index in [0.717, 1.165) is 50.7 Å². The summed E-state index contributed by atoms with van der Waals surface area (Å²) < 4.78 is 54.1. The molecular formula is C51H82O21. The van der Waals surface area contributed by atoms with Gasteiger partial charge in [-0.05, 0) is 112 Å². The maximum atomic E-state index is 11.6. The van der Waals surface area contributed by atoms with E-state index in [1.807, 2.05) is 6.92 Å². The maximum Gasteiger partial charge on any atom is 0.187 e. The van der Waals surface area contributed by atoms with Crippen molar-refractivity contribution in [2.24, 2.45) is 40.4 Å². The van der Waals surface area contributed by atoms with Gasteiger partial charge in [0.25, 0.3) is 0 Å². The fourth-order valence-electron chi connectivity index (χ4n) is 14.5. The Hall–Kier alpha value is -1.52. The van der Waals surface area contributed by atoms with Gasteiger partial charge in [0.15, 0.2) is 25.2 Å². The van der Waals surface area contributed by atoms with Crippen molar-refractivity contribution in [3.63, 3.8) is 0 Å². The highest BCUT2D eigenvalue weighted by atomic mass is 16.8. The van der Waals surface area contributed by atoms with E-state index in [0.29, 0.717) is 36.5 Å². The second-order valence-electron chi connectivity index (χ2n) is 23.2. The fraction of sp³-hybridized carbons (Fsp3) is 0.922. The molecule has 21 heteroatoms. The van der Waals surface area contributed by atoms with Crippen LogP contribution in [0.15, 0.2) is 23.0 Å². The average molecular weight is 1030 g/mol. The molecule has 0 bridgehead atoms. The molecule has 29 atom stereocenters. The Morgan fingerprint density at radius 3 is 1.96 bits per heavy atom. The lowest BCUT2D eigenvalue weighted by Gasteiger charge is -2.58. The Morgan fingerprint density at radius 1 is 0.653 bits per heavy atom. The predicted octanol–water partition coefficient (Wildman–Crippen LogP) is -1.03. The van der Waals surface area contributed by atoms with Crippen LogP contribution in [0.3, 0.4) is 0 Å². The number of rotatable bonds is 14. The largest absolute Gasteiger partial charge is 0.494 e. The first kappa shape index (κ1) is 55.2. The summed E-state index contributed by atoms with van der Waals surface area (Å²) in [7, 11) is 0. The van der Waals surface area contributed by atoms with Gasteiger partial charge in [0.1, 0.15) is 91.6 Å². The zero-order valence-electron chi connectivity index (χ0n) is 42.2. The summed E-state index contributed by atoms with van der Waals surface area (Å²) in [6, 6.07) is 0. The van der Waals surface area contributed by atoms with Gasteiger partial charge in [-0.1, -0.05) is 32.4 Å². The molecule has 0 aromatic rings. The molecule has 5 heterocycles. The standard InChI is InChI=1S/C51H82O21/c1-20(19-64-46-41(61)38(58)36(56)31(17-52)69-46)7-10-29-21(2)33-30(68-29)16-28-26-9-8-24-15-25(11-13-50(24,5)27(26)12-14-51(28,33)6)67-48-43(63)40(60)44(32(18-53)70-48)71-49-45(39(59)35(55)23(4)66-49)72-47-42(62)37(57)34(54)22(3)65-47/h8,20,22-23,25-28,30-49,52-63H,7,9-19H2,1-6H3/t20-,22+,23+,25-,26-,27-,28+,30-,31+,32+,33-,34+,35+,36+,37-,38-,39-,40+,41+,42+,43+,44+,45+,46+,47-,48+,49-,50-,51-/m1/s1. The van der Waals surface area contributed by atoms with E-state index in [2.05, 4.69) is 26.8 Å². The highest BCUT2D eigenvalue weighted by molar-refractivity contribution is 5.30. The number of aliphatic hydroxyl groups excluding tert-OH is 12. The molecule has 5 aliphatic heterocycles. The van der Waals surface area contributed by atoms with Crippen molar-refractivity contribution < 1.29 is 104 Å². The van der Waals surface area contributed by atoms with Crippen LogP contribution in [0, 0.1) is 40.4 Å². The topological polar surface area (TPSA) is 326 Å². The molecule has 9 aliphatic rings. The summed E-state index contributed by atoms with van der Waals surface area (Å²) in [4.78, 5) is 0. The van der Waals surface area contributed by atoms with Crippen molar-refractivity contribution in [1.29, 1.82) is 0 Å². The van der Waals surface area contributed by atoms with Gasteiger partial charge in [-0.25, -0.2) is 0 Å². The van der Waals surface area contributed by atoms with Crippen LogP contribution in [0.25, 0.3) is 0 Å². The molecule has 4 saturated heterocycles. The zero-order valence-corrected chi connectivity index (χ0v) is 42.2. The van der Waals surface area contributed by atoms with Crippen molar-refractivity contribution in [2.75, 3.05) is 19.8 Å². The van der Waals surface area contributed by atoms with E-state index in [4.69, 9.17) is 42.6 Å². The summed E-state index contributed by atoms with van der Waals surface area (Å²) in [5, 5.41) is 127. The quantitative estimate of drug-likeness (QED) is 0.0926. The number of hydrogen-bond donors (Lipinski definition) is 12. The monoisotopic (exact) mass is 1030 g/mol. The summed E-state index contributed by atoms with van der Waals surface area (Å²) in [6.45, 7) is 11.1. The molecule has 3 saturated carbocycles. The first-order valence-corrected chi connectivity index (χ1v) is 26.4. The Kier molecular flexibility index (Phi) is 16.7. The third-order valence-electron chi connectivity index (χ3n) is 18.8. The summed E-state index contributed by atoms with van der Waals surface area (Å²) >= 11 is 0. The third kappa shape index (κ3) is 9.90. The minimum Gasteiger partial charge on any atom is -0.494 e. The molecule has 72 heavy (non-hydrogen) atoms. The minimum atomic E-state index is -1.75. The number of allylic oxidation sites excluding steroid dienone is 2. The van der Waals surface area contributed by atoms with Crippen LogP contribution in [0.4, 0.5) is 0 Å². The Balaban J connectivity index is 0.794. The zero-order chi connectivity index (χ0) is 51.9. The van der Waals surface area contributed by atoms with Crippen molar-refractivity contribution in [2.45, 2.75) is 234 Å². The third-order valence-corrected chi connectivity index (χ3v) is 18.8. The smallest absolute Gasteiger partial charge is 0.187 e. The van der Waals surface area contributed by atoms with Gasteiger partial charge in [0.05, 0.1) is 43.9 Å². The van der Waals surface area contributed by atoms with E-state index >= 15 is 0 Å². The normalized spacial score (nSPS) is 52.9. The lowest BCUT2D eigenvalue weighted by molar-refractivity contribution is -0.386. The van der Waals surface area contributed by atoms with Gasteiger partial charge < -0.3 is 104 Å². The number of hydrogen-bond acceptors (Lipinski definition) is 21. The SMILES string of the molecule is CC1=C(CC[C@@H](C)CO[C@H]2O[C@@H](CO)[C@H](O)[C@@H](O)[C@@H]2O)O[C@@H]2C[C@H]3[C@@H]4CC=C5C[C@H](O[C@H]6O[C@@H](CO)[C@H](O[C@H]7O[C@@H](C)[C@H](O)[C@@H](O)[C@@H]7O[C@H]7O[C@@H](C)[C@H](O)[C@@H](O)[C@@H]7O)[C@@H](O)[C@@H]6O)CC[C@@]5(C)[C@@H]4CC[C@@]3(C)[C@H]12. The van der Waals surface area contributed by atoms with Crippen LogP contribution in [-0.2, 0) is 42.6 Å². The molecule has 12 N–H and O–H groups in total. The fourth-order valence-corrected chi connectivity index (χ4v) is 14.5. The number of ether oxygens (including phenoxy) is 9. The van der Waals surface area contributed by atoms with E-state index in [1.165, 1.54) is 25.0 Å². The molecule has 0 spiro atoms. The maximum absolute atomic E-state index is 11.6. The van der Waals surface area contributed by atoms with Crippen LogP contribution >= 0.6 is 0 Å². The summed E-state index contributed by atoms with van der Waals surface area (Å²) in [6.07, 6.45) is -18.6. The van der Waals surface area contributed by atoms with Crippen LogP contribution in [-0.4, -0.2) is 216 Å². The molecule has 0 aromatic heterocycles. The molecule has 7 fully saturated rings. The van der Waals surface area contributed by atoms with E-state index in [1.54, 1.807) is 0 Å². The van der Waals surface area contributed by atoms with Crippen molar-refractivity contribution in [3.8, 4) is 0 Å². The van der Waals surface area contributed by atoms with Crippen molar-refractivity contribution in [3.05, 3.63) is 23.0 Å². The first-order valence-electron chi connectivity index (χ1n) is 26.4. The second kappa shape index (κ2) is 21.7. The van der Waals surface area contributed by atoms with Gasteiger partial charge in [-0.3, -0.25) is 0 Å². The van der Waals surface area contributed by atoms with Gasteiger partial charge >= 0.3 is 0 Å². The minimum absolute atomic E-state index is 0.0484. The summed E-state index contributed by atoms with van der Waals surface area (Å²) in [5.41, 5.74) is 2.70. The van der Waals surface area contributed by atoms with E-state index in [9.17, 15) is 61.3 Å². The van der Waals surface area contributed by atoms with Crippen LogP contribution in [0.1, 0.15) is 99.3 Å². The highest BCUT2D eigenvalue weighted by Gasteiger charge is 2.64. The highest BCUT2D eigenvalue weighted by Crippen LogP contribution is 2.69.